The zero-order valence-electron chi connectivity index (χ0n) is 10.2. The van der Waals surface area contributed by atoms with Crippen LogP contribution in [-0.4, -0.2) is 26.3 Å². The summed E-state index contributed by atoms with van der Waals surface area (Å²) in [5, 5.41) is 0. The molecule has 1 fully saturated rings. The Morgan fingerprint density at radius 2 is 2.24 bits per heavy atom. The van der Waals surface area contributed by atoms with Gasteiger partial charge in [0.25, 0.3) is 0 Å². The summed E-state index contributed by atoms with van der Waals surface area (Å²) in [6, 6.07) is 7.02. The van der Waals surface area contributed by atoms with Gasteiger partial charge in [0, 0.05) is 36.4 Å². The molecule has 0 atom stereocenters. The molecular weight excluding hydrogens is 280 g/mol. The van der Waals surface area contributed by atoms with Crippen molar-refractivity contribution in [1.82, 2.24) is 0 Å². The molecular formula is C13H19BrN2O. The molecule has 0 radical (unpaired) electrons. The van der Waals surface area contributed by atoms with E-state index in [4.69, 9.17) is 10.5 Å². The fourth-order valence-corrected chi connectivity index (χ4v) is 2.48. The molecule has 1 aliphatic rings. The Bertz CT molecular complexity index is 380. The van der Waals surface area contributed by atoms with Crippen LogP contribution in [0.5, 0.6) is 0 Å². The molecule has 1 aromatic rings. The van der Waals surface area contributed by atoms with Crippen molar-refractivity contribution in [2.24, 2.45) is 5.73 Å². The maximum atomic E-state index is 5.83. The summed E-state index contributed by atoms with van der Waals surface area (Å²) in [7, 11) is 1.75. The van der Waals surface area contributed by atoms with Gasteiger partial charge in [-0.25, -0.2) is 0 Å². The maximum Gasteiger partial charge on any atom is 0.0637 e. The second-order valence-electron chi connectivity index (χ2n) is 4.39. The molecule has 1 aliphatic carbocycles. The number of methoxy groups -OCH3 is 1. The zero-order valence-corrected chi connectivity index (χ0v) is 11.7. The Balaban J connectivity index is 2.21. The van der Waals surface area contributed by atoms with Gasteiger partial charge >= 0.3 is 0 Å². The van der Waals surface area contributed by atoms with E-state index in [-0.39, 0.29) is 0 Å². The summed E-state index contributed by atoms with van der Waals surface area (Å²) in [6.45, 7) is 2.28. The first-order valence-corrected chi connectivity index (χ1v) is 6.79. The van der Waals surface area contributed by atoms with Crippen LogP contribution < -0.4 is 10.6 Å². The smallest absolute Gasteiger partial charge is 0.0637 e. The van der Waals surface area contributed by atoms with Crippen molar-refractivity contribution < 1.29 is 4.74 Å². The van der Waals surface area contributed by atoms with E-state index in [0.29, 0.717) is 12.6 Å². The van der Waals surface area contributed by atoms with Gasteiger partial charge in [0.15, 0.2) is 0 Å². The zero-order chi connectivity index (χ0) is 12.3. The van der Waals surface area contributed by atoms with Gasteiger partial charge in [0.05, 0.1) is 6.61 Å². The van der Waals surface area contributed by atoms with Crippen molar-refractivity contribution in [3.05, 3.63) is 28.2 Å². The van der Waals surface area contributed by atoms with Crippen LogP contribution in [-0.2, 0) is 11.3 Å². The molecule has 0 heterocycles. The lowest BCUT2D eigenvalue weighted by Gasteiger charge is -2.26. The SMILES string of the molecule is COCCN(c1ccc(Br)cc1CN)C1CC1. The van der Waals surface area contributed by atoms with E-state index in [2.05, 4.69) is 39.0 Å². The summed E-state index contributed by atoms with van der Waals surface area (Å²) in [5.74, 6) is 0. The third-order valence-electron chi connectivity index (χ3n) is 3.09. The molecule has 0 spiro atoms. The first-order chi connectivity index (χ1) is 8.26. The van der Waals surface area contributed by atoms with Gasteiger partial charge in [0.1, 0.15) is 0 Å². The van der Waals surface area contributed by atoms with Gasteiger partial charge in [-0.15, -0.1) is 0 Å². The molecule has 0 aliphatic heterocycles. The van der Waals surface area contributed by atoms with Gasteiger partial charge in [-0.3, -0.25) is 0 Å². The Labute approximate surface area is 111 Å². The summed E-state index contributed by atoms with van der Waals surface area (Å²) in [6.07, 6.45) is 2.56. The highest BCUT2D eigenvalue weighted by Gasteiger charge is 2.29. The lowest BCUT2D eigenvalue weighted by molar-refractivity contribution is 0.205. The minimum atomic E-state index is 0.574. The van der Waals surface area contributed by atoms with E-state index < -0.39 is 0 Å². The Kier molecular flexibility index (Phi) is 4.42. The Hall–Kier alpha value is -0.580. The second-order valence-corrected chi connectivity index (χ2v) is 5.31. The van der Waals surface area contributed by atoms with E-state index in [1.807, 2.05) is 0 Å². The van der Waals surface area contributed by atoms with E-state index in [0.717, 1.165) is 17.6 Å². The molecule has 0 saturated heterocycles. The minimum absolute atomic E-state index is 0.574. The van der Waals surface area contributed by atoms with Crippen LogP contribution in [0.1, 0.15) is 18.4 Å². The molecule has 3 nitrogen and oxygen atoms in total. The van der Waals surface area contributed by atoms with Crippen molar-refractivity contribution >= 4 is 21.6 Å². The number of ether oxygens (including phenoxy) is 1. The van der Waals surface area contributed by atoms with Crippen molar-refractivity contribution in [3.8, 4) is 0 Å². The minimum Gasteiger partial charge on any atom is -0.383 e. The third-order valence-corrected chi connectivity index (χ3v) is 3.59. The Morgan fingerprint density at radius 3 is 2.82 bits per heavy atom. The molecule has 0 aromatic heterocycles. The van der Waals surface area contributed by atoms with Crippen LogP contribution >= 0.6 is 15.9 Å². The fraction of sp³-hybridized carbons (Fsp3) is 0.538. The van der Waals surface area contributed by atoms with Crippen molar-refractivity contribution in [2.45, 2.75) is 25.4 Å². The largest absolute Gasteiger partial charge is 0.383 e. The quantitative estimate of drug-likeness (QED) is 0.877. The van der Waals surface area contributed by atoms with Crippen LogP contribution in [0.4, 0.5) is 5.69 Å². The first-order valence-electron chi connectivity index (χ1n) is 6.00. The first kappa shape index (κ1) is 12.9. The summed E-state index contributed by atoms with van der Waals surface area (Å²) in [4.78, 5) is 2.43. The molecule has 2 N–H and O–H groups in total. The average Bonchev–Trinajstić information content (AvgIpc) is 3.15. The van der Waals surface area contributed by atoms with Crippen LogP contribution in [0, 0.1) is 0 Å². The highest BCUT2D eigenvalue weighted by Crippen LogP contribution is 2.34. The molecule has 17 heavy (non-hydrogen) atoms. The monoisotopic (exact) mass is 298 g/mol. The number of rotatable bonds is 6. The topological polar surface area (TPSA) is 38.5 Å². The van der Waals surface area contributed by atoms with E-state index in [1.165, 1.54) is 24.1 Å². The van der Waals surface area contributed by atoms with Gasteiger partial charge in [-0.2, -0.15) is 0 Å². The maximum absolute atomic E-state index is 5.83. The van der Waals surface area contributed by atoms with Crippen LogP contribution in [0.3, 0.4) is 0 Å². The number of anilines is 1. The number of halogens is 1. The highest BCUT2D eigenvalue weighted by atomic mass is 79.9. The molecule has 94 valence electrons. The van der Waals surface area contributed by atoms with Crippen LogP contribution in [0.15, 0.2) is 22.7 Å². The van der Waals surface area contributed by atoms with Crippen LogP contribution in [0.25, 0.3) is 0 Å². The van der Waals surface area contributed by atoms with Crippen LogP contribution in [0.2, 0.25) is 0 Å². The summed E-state index contributed by atoms with van der Waals surface area (Å²) < 4.78 is 6.27. The van der Waals surface area contributed by atoms with Gasteiger partial charge in [-0.1, -0.05) is 15.9 Å². The average molecular weight is 299 g/mol. The van der Waals surface area contributed by atoms with Crippen molar-refractivity contribution in [3.63, 3.8) is 0 Å². The number of nitrogens with two attached hydrogens (primary N) is 1. The predicted molar refractivity (Wildman–Crippen MR) is 74.3 cm³/mol. The molecule has 0 bridgehead atoms. The molecule has 0 unspecified atom stereocenters. The van der Waals surface area contributed by atoms with Gasteiger partial charge in [-0.05, 0) is 36.6 Å². The summed E-state index contributed by atoms with van der Waals surface area (Å²) >= 11 is 3.49. The lowest BCUT2D eigenvalue weighted by Crippen LogP contribution is -2.30. The number of nitrogens with zero attached hydrogens (tertiary/aromatic N) is 1. The molecule has 0 amide bonds. The van der Waals surface area contributed by atoms with E-state index in [9.17, 15) is 0 Å². The van der Waals surface area contributed by atoms with Gasteiger partial charge in [0.2, 0.25) is 0 Å². The predicted octanol–water partition coefficient (Wildman–Crippen LogP) is 2.52. The highest BCUT2D eigenvalue weighted by molar-refractivity contribution is 9.10. The number of hydrogen-bond acceptors (Lipinski definition) is 3. The normalized spacial score (nSPS) is 15.0. The summed E-state index contributed by atoms with van der Waals surface area (Å²) in [5.41, 5.74) is 8.28. The van der Waals surface area contributed by atoms with Crippen molar-refractivity contribution in [1.29, 1.82) is 0 Å². The van der Waals surface area contributed by atoms with E-state index >= 15 is 0 Å². The standard InChI is InChI=1S/C13H19BrN2O/c1-17-7-6-16(12-3-4-12)13-5-2-11(14)8-10(13)9-15/h2,5,8,12H,3-4,6-7,9,15H2,1H3. The molecule has 1 saturated carbocycles. The van der Waals surface area contributed by atoms with Crippen molar-refractivity contribution in [2.75, 3.05) is 25.2 Å². The number of benzene rings is 1. The van der Waals surface area contributed by atoms with E-state index in [1.54, 1.807) is 7.11 Å². The Morgan fingerprint density at radius 1 is 1.47 bits per heavy atom. The van der Waals surface area contributed by atoms with Gasteiger partial charge < -0.3 is 15.4 Å². The fourth-order valence-electron chi connectivity index (χ4n) is 2.07. The molecule has 2 rings (SSSR count). The molecule has 4 heteroatoms. The third kappa shape index (κ3) is 3.21. The molecule has 1 aromatic carbocycles. The second kappa shape index (κ2) is 5.85. The number of hydrogen-bond donors (Lipinski definition) is 1. The lowest BCUT2D eigenvalue weighted by atomic mass is 10.1.